The van der Waals surface area contributed by atoms with Crippen LogP contribution in [0.5, 0.6) is 0 Å². The zero-order valence-corrected chi connectivity index (χ0v) is 14.6. The lowest BCUT2D eigenvalue weighted by Gasteiger charge is -2.00. The van der Waals surface area contributed by atoms with Crippen molar-refractivity contribution in [1.82, 2.24) is 20.1 Å². The molecule has 118 valence electrons. The largest absolute Gasteiger partial charge is 0.338 e. The molecule has 1 N–H and O–H groups in total. The number of aromatic amines is 1. The first-order valence-electron chi connectivity index (χ1n) is 6.95. The Morgan fingerprint density at radius 2 is 2.04 bits per heavy atom. The molecular weight excluding hydrogens is 380 g/mol. The SMILES string of the molecule is CCc1cc(=O)[nH]c(SCc2nc(-c3ccc(Br)cc3)no2)n1. The molecule has 0 fully saturated rings. The Hall–Kier alpha value is -1.93. The molecule has 0 radical (unpaired) electrons. The molecule has 0 aliphatic rings. The number of thioether (sulfide) groups is 1. The van der Waals surface area contributed by atoms with Gasteiger partial charge in [0.25, 0.3) is 5.56 Å². The van der Waals surface area contributed by atoms with Gasteiger partial charge in [-0.3, -0.25) is 4.79 Å². The monoisotopic (exact) mass is 392 g/mol. The van der Waals surface area contributed by atoms with Crippen molar-refractivity contribution in [2.45, 2.75) is 24.3 Å². The molecule has 3 aromatic rings. The third-order valence-electron chi connectivity index (χ3n) is 3.04. The number of hydrogen-bond donors (Lipinski definition) is 1. The lowest BCUT2D eigenvalue weighted by Crippen LogP contribution is -2.09. The lowest BCUT2D eigenvalue weighted by molar-refractivity contribution is 0.391. The summed E-state index contributed by atoms with van der Waals surface area (Å²) in [4.78, 5) is 22.9. The fourth-order valence-corrected chi connectivity index (χ4v) is 2.89. The maximum Gasteiger partial charge on any atom is 0.251 e. The van der Waals surface area contributed by atoms with E-state index in [1.807, 2.05) is 31.2 Å². The van der Waals surface area contributed by atoms with Gasteiger partial charge < -0.3 is 9.51 Å². The second-order valence-corrected chi connectivity index (χ2v) is 6.58. The fourth-order valence-electron chi connectivity index (χ4n) is 1.89. The summed E-state index contributed by atoms with van der Waals surface area (Å²) in [6.07, 6.45) is 0.714. The number of aryl methyl sites for hydroxylation is 1. The highest BCUT2D eigenvalue weighted by Gasteiger charge is 2.10. The summed E-state index contributed by atoms with van der Waals surface area (Å²) in [6, 6.07) is 9.17. The Balaban J connectivity index is 1.71. The summed E-state index contributed by atoms with van der Waals surface area (Å²) in [5.41, 5.74) is 1.49. The molecule has 0 bridgehead atoms. The number of nitrogens with zero attached hydrogens (tertiary/aromatic N) is 3. The summed E-state index contributed by atoms with van der Waals surface area (Å²) < 4.78 is 6.24. The highest BCUT2D eigenvalue weighted by Crippen LogP contribution is 2.22. The van der Waals surface area contributed by atoms with Gasteiger partial charge in [-0.2, -0.15) is 4.98 Å². The van der Waals surface area contributed by atoms with Crippen molar-refractivity contribution in [3.8, 4) is 11.4 Å². The molecule has 0 aliphatic heterocycles. The van der Waals surface area contributed by atoms with Crippen LogP contribution < -0.4 is 5.56 Å². The quantitative estimate of drug-likeness (QED) is 0.528. The highest BCUT2D eigenvalue weighted by molar-refractivity contribution is 9.10. The smallest absolute Gasteiger partial charge is 0.251 e. The van der Waals surface area contributed by atoms with Crippen LogP contribution in [0.15, 0.2) is 49.3 Å². The maximum atomic E-state index is 11.5. The molecule has 8 heteroatoms. The summed E-state index contributed by atoms with van der Waals surface area (Å²) in [7, 11) is 0. The van der Waals surface area contributed by atoms with Gasteiger partial charge in [0.1, 0.15) is 0 Å². The van der Waals surface area contributed by atoms with Crippen molar-refractivity contribution < 1.29 is 4.52 Å². The second kappa shape index (κ2) is 7.10. The molecule has 0 aliphatic carbocycles. The van der Waals surface area contributed by atoms with Gasteiger partial charge in [-0.15, -0.1) is 0 Å². The minimum atomic E-state index is -0.152. The van der Waals surface area contributed by atoms with Gasteiger partial charge in [-0.05, 0) is 30.7 Å². The fraction of sp³-hybridized carbons (Fsp3) is 0.200. The van der Waals surface area contributed by atoms with Gasteiger partial charge in [-0.25, -0.2) is 4.98 Å². The van der Waals surface area contributed by atoms with Crippen LogP contribution in [0.2, 0.25) is 0 Å². The molecule has 1 aromatic carbocycles. The Morgan fingerprint density at radius 3 is 2.78 bits per heavy atom. The molecular formula is C15H13BrN4O2S. The van der Waals surface area contributed by atoms with E-state index >= 15 is 0 Å². The number of hydrogen-bond acceptors (Lipinski definition) is 6. The Kier molecular flexibility index (Phi) is 4.92. The van der Waals surface area contributed by atoms with Crippen molar-refractivity contribution in [3.63, 3.8) is 0 Å². The van der Waals surface area contributed by atoms with E-state index < -0.39 is 0 Å². The van der Waals surface area contributed by atoms with E-state index in [4.69, 9.17) is 4.52 Å². The number of nitrogens with one attached hydrogen (secondary N) is 1. The highest BCUT2D eigenvalue weighted by atomic mass is 79.9. The van der Waals surface area contributed by atoms with Crippen molar-refractivity contribution in [1.29, 1.82) is 0 Å². The Labute approximate surface area is 144 Å². The number of benzene rings is 1. The summed E-state index contributed by atoms with van der Waals surface area (Å²) >= 11 is 4.75. The Morgan fingerprint density at radius 1 is 1.26 bits per heavy atom. The van der Waals surface area contributed by atoms with E-state index in [0.29, 0.717) is 29.0 Å². The molecule has 0 spiro atoms. The molecule has 0 saturated carbocycles. The number of rotatable bonds is 5. The zero-order chi connectivity index (χ0) is 16.2. The molecule has 0 unspecified atom stereocenters. The normalized spacial score (nSPS) is 10.9. The van der Waals surface area contributed by atoms with Gasteiger partial charge in [-0.1, -0.05) is 39.8 Å². The van der Waals surface area contributed by atoms with Crippen LogP contribution in [-0.2, 0) is 12.2 Å². The van der Waals surface area contributed by atoms with Crippen LogP contribution in [-0.4, -0.2) is 20.1 Å². The molecule has 0 atom stereocenters. The van der Waals surface area contributed by atoms with Crippen LogP contribution in [0, 0.1) is 0 Å². The predicted octanol–water partition coefficient (Wildman–Crippen LogP) is 3.44. The van der Waals surface area contributed by atoms with E-state index in [1.54, 1.807) is 0 Å². The van der Waals surface area contributed by atoms with Gasteiger partial charge in [0, 0.05) is 21.8 Å². The average molecular weight is 393 g/mol. The third-order valence-corrected chi connectivity index (χ3v) is 4.42. The molecule has 2 aromatic heterocycles. The van der Waals surface area contributed by atoms with Crippen molar-refractivity contribution in [2.24, 2.45) is 0 Å². The van der Waals surface area contributed by atoms with Gasteiger partial charge in [0.2, 0.25) is 11.7 Å². The zero-order valence-electron chi connectivity index (χ0n) is 12.2. The first kappa shape index (κ1) is 15.9. The van der Waals surface area contributed by atoms with E-state index in [9.17, 15) is 4.79 Å². The first-order chi connectivity index (χ1) is 11.1. The minimum absolute atomic E-state index is 0.152. The molecule has 23 heavy (non-hydrogen) atoms. The molecule has 0 saturated heterocycles. The van der Waals surface area contributed by atoms with E-state index in [1.165, 1.54) is 17.8 Å². The first-order valence-corrected chi connectivity index (χ1v) is 8.73. The van der Waals surface area contributed by atoms with Gasteiger partial charge in [0.15, 0.2) is 5.16 Å². The van der Waals surface area contributed by atoms with Crippen LogP contribution in [0.3, 0.4) is 0 Å². The van der Waals surface area contributed by atoms with Crippen LogP contribution in [0.4, 0.5) is 0 Å². The Bertz CT molecular complexity index is 860. The molecule has 3 rings (SSSR count). The molecule has 6 nitrogen and oxygen atoms in total. The third kappa shape index (κ3) is 4.08. The standard InChI is InChI=1S/C15H13BrN4O2S/c1-2-11-7-12(21)18-15(17-11)23-8-13-19-14(20-22-13)9-3-5-10(16)6-4-9/h3-7H,2,8H2,1H3,(H,17,18,21). The van der Waals surface area contributed by atoms with E-state index in [0.717, 1.165) is 15.7 Å². The minimum Gasteiger partial charge on any atom is -0.338 e. The van der Waals surface area contributed by atoms with E-state index in [-0.39, 0.29) is 5.56 Å². The summed E-state index contributed by atoms with van der Waals surface area (Å²) in [6.45, 7) is 1.96. The van der Waals surface area contributed by atoms with Crippen LogP contribution >= 0.6 is 27.7 Å². The summed E-state index contributed by atoms with van der Waals surface area (Å²) in [5, 5.41) is 4.53. The van der Waals surface area contributed by atoms with Crippen molar-refractivity contribution in [2.75, 3.05) is 0 Å². The molecule has 0 amide bonds. The second-order valence-electron chi connectivity index (χ2n) is 4.70. The lowest BCUT2D eigenvalue weighted by atomic mass is 10.2. The van der Waals surface area contributed by atoms with Gasteiger partial charge >= 0.3 is 0 Å². The number of halogens is 1. The number of aromatic nitrogens is 4. The van der Waals surface area contributed by atoms with Crippen LogP contribution in [0.25, 0.3) is 11.4 Å². The number of H-pyrrole nitrogens is 1. The van der Waals surface area contributed by atoms with Crippen molar-refractivity contribution in [3.05, 3.63) is 56.7 Å². The van der Waals surface area contributed by atoms with E-state index in [2.05, 4.69) is 36.0 Å². The summed E-state index contributed by atoms with van der Waals surface area (Å²) in [5.74, 6) is 1.47. The topological polar surface area (TPSA) is 84.7 Å². The van der Waals surface area contributed by atoms with Crippen LogP contribution in [0.1, 0.15) is 18.5 Å². The predicted molar refractivity (Wildman–Crippen MR) is 91.2 cm³/mol. The van der Waals surface area contributed by atoms with Gasteiger partial charge in [0.05, 0.1) is 5.75 Å². The molecule has 2 heterocycles. The van der Waals surface area contributed by atoms with Crippen molar-refractivity contribution >= 4 is 27.7 Å². The average Bonchev–Trinajstić information content (AvgIpc) is 3.02. The maximum absolute atomic E-state index is 11.5.